The maximum absolute atomic E-state index is 12.3. The third-order valence-electron chi connectivity index (χ3n) is 4.99. The first kappa shape index (κ1) is 20.4. The first-order valence-electron chi connectivity index (χ1n) is 9.20. The SMILES string of the molecule is NC(=O)c1c(NC(=O)CSc2nnc(C[C@@H]3CCS(=O)(=O)C3)o2)sc2c1CCC2. The first-order valence-corrected chi connectivity index (χ1v) is 12.8. The van der Waals surface area contributed by atoms with Crippen molar-refractivity contribution in [2.24, 2.45) is 11.7 Å². The molecule has 1 fully saturated rings. The zero-order valence-electron chi connectivity index (χ0n) is 15.5. The summed E-state index contributed by atoms with van der Waals surface area (Å²) >= 11 is 2.50. The number of hydrogen-bond donors (Lipinski definition) is 2. The standard InChI is InChI=1S/C17H20N4O5S3/c18-15(23)14-10-2-1-3-11(10)28-16(14)19-12(22)7-27-17-21-20-13(26-17)6-9-4-5-29(24,25)8-9/h9H,1-8H2,(H2,18,23)(H,19,22)/t9-/m0/s1. The number of thioether (sulfide) groups is 1. The highest BCUT2D eigenvalue weighted by Gasteiger charge is 2.29. The molecule has 4 rings (SSSR count). The number of primary amides is 1. The van der Waals surface area contributed by atoms with Crippen LogP contribution in [-0.2, 0) is 33.9 Å². The summed E-state index contributed by atoms with van der Waals surface area (Å²) in [4.78, 5) is 25.2. The van der Waals surface area contributed by atoms with Gasteiger partial charge in [-0.3, -0.25) is 9.59 Å². The molecule has 2 aliphatic rings. The number of amides is 2. The molecule has 2 aromatic rings. The number of carbonyl (C=O) groups excluding carboxylic acids is 2. The van der Waals surface area contributed by atoms with E-state index in [0.29, 0.717) is 29.3 Å². The Morgan fingerprint density at radius 2 is 2.14 bits per heavy atom. The zero-order chi connectivity index (χ0) is 20.6. The number of nitrogens with zero attached hydrogens (tertiary/aromatic N) is 2. The van der Waals surface area contributed by atoms with Crippen LogP contribution in [0, 0.1) is 5.92 Å². The van der Waals surface area contributed by atoms with E-state index in [4.69, 9.17) is 10.2 Å². The van der Waals surface area contributed by atoms with Gasteiger partial charge in [0.15, 0.2) is 9.84 Å². The maximum Gasteiger partial charge on any atom is 0.277 e. The molecule has 156 valence electrons. The quantitative estimate of drug-likeness (QED) is 0.595. The van der Waals surface area contributed by atoms with Crippen LogP contribution in [0.4, 0.5) is 5.00 Å². The average Bonchev–Trinajstić information content (AvgIpc) is 3.38. The fraction of sp³-hybridized carbons (Fsp3) is 0.529. The number of aryl methyl sites for hydroxylation is 1. The molecule has 2 aromatic heterocycles. The summed E-state index contributed by atoms with van der Waals surface area (Å²) in [7, 11) is -2.95. The van der Waals surface area contributed by atoms with Crippen LogP contribution >= 0.6 is 23.1 Å². The van der Waals surface area contributed by atoms with E-state index < -0.39 is 15.7 Å². The molecule has 1 aliphatic heterocycles. The van der Waals surface area contributed by atoms with Crippen molar-refractivity contribution in [1.82, 2.24) is 10.2 Å². The minimum absolute atomic E-state index is 0.00500. The van der Waals surface area contributed by atoms with Gasteiger partial charge in [0.2, 0.25) is 11.8 Å². The summed E-state index contributed by atoms with van der Waals surface area (Å²) in [6, 6.07) is 0. The van der Waals surface area contributed by atoms with Gasteiger partial charge >= 0.3 is 0 Å². The van der Waals surface area contributed by atoms with E-state index in [-0.39, 0.29) is 34.3 Å². The minimum Gasteiger partial charge on any atom is -0.416 e. The van der Waals surface area contributed by atoms with Crippen LogP contribution in [0.5, 0.6) is 0 Å². The Morgan fingerprint density at radius 3 is 2.86 bits per heavy atom. The molecule has 0 saturated carbocycles. The van der Waals surface area contributed by atoms with Crippen LogP contribution in [0.1, 0.15) is 39.5 Å². The summed E-state index contributed by atoms with van der Waals surface area (Å²) in [6.07, 6.45) is 3.72. The van der Waals surface area contributed by atoms with E-state index in [1.807, 2.05) is 0 Å². The van der Waals surface area contributed by atoms with Gasteiger partial charge in [-0.25, -0.2) is 8.42 Å². The lowest BCUT2D eigenvalue weighted by Crippen LogP contribution is -2.18. The Morgan fingerprint density at radius 1 is 1.31 bits per heavy atom. The van der Waals surface area contributed by atoms with Gasteiger partial charge in [-0.15, -0.1) is 21.5 Å². The fourth-order valence-electron chi connectivity index (χ4n) is 3.70. The molecular weight excluding hydrogens is 436 g/mol. The second-order valence-electron chi connectivity index (χ2n) is 7.20. The van der Waals surface area contributed by atoms with E-state index >= 15 is 0 Å². The molecule has 0 radical (unpaired) electrons. The van der Waals surface area contributed by atoms with E-state index in [0.717, 1.165) is 41.5 Å². The van der Waals surface area contributed by atoms with Crippen molar-refractivity contribution in [2.75, 3.05) is 22.6 Å². The number of nitrogens with one attached hydrogen (secondary N) is 1. The predicted molar refractivity (Wildman–Crippen MR) is 109 cm³/mol. The van der Waals surface area contributed by atoms with Crippen LogP contribution < -0.4 is 11.1 Å². The van der Waals surface area contributed by atoms with Crippen molar-refractivity contribution >= 4 is 49.8 Å². The maximum atomic E-state index is 12.3. The second-order valence-corrected chi connectivity index (χ2v) is 11.5. The number of anilines is 1. The summed E-state index contributed by atoms with van der Waals surface area (Å²) < 4.78 is 28.6. The van der Waals surface area contributed by atoms with Crippen LogP contribution in [-0.4, -0.2) is 47.7 Å². The van der Waals surface area contributed by atoms with E-state index in [9.17, 15) is 18.0 Å². The Hall–Kier alpha value is -1.92. The van der Waals surface area contributed by atoms with Crippen molar-refractivity contribution in [2.45, 2.75) is 37.3 Å². The van der Waals surface area contributed by atoms with E-state index in [2.05, 4.69) is 15.5 Å². The number of thiophene rings is 1. The molecule has 1 saturated heterocycles. The highest BCUT2D eigenvalue weighted by Crippen LogP contribution is 2.39. The molecule has 12 heteroatoms. The smallest absolute Gasteiger partial charge is 0.277 e. The van der Waals surface area contributed by atoms with Crippen molar-refractivity contribution < 1.29 is 22.4 Å². The highest BCUT2D eigenvalue weighted by atomic mass is 32.2. The third kappa shape index (κ3) is 4.64. The molecule has 1 aliphatic carbocycles. The number of nitrogens with two attached hydrogens (primary N) is 1. The number of fused-ring (bicyclic) bond motifs is 1. The molecule has 0 aromatic carbocycles. The molecule has 0 unspecified atom stereocenters. The Labute approximate surface area is 175 Å². The lowest BCUT2D eigenvalue weighted by Gasteiger charge is -2.05. The number of aromatic nitrogens is 2. The number of rotatable bonds is 7. The molecule has 9 nitrogen and oxygen atoms in total. The molecule has 2 amide bonds. The normalized spacial score (nSPS) is 19.9. The lowest BCUT2D eigenvalue weighted by molar-refractivity contribution is -0.113. The van der Waals surface area contributed by atoms with Gasteiger partial charge in [0.05, 0.1) is 22.8 Å². The van der Waals surface area contributed by atoms with Crippen molar-refractivity contribution in [1.29, 1.82) is 0 Å². The van der Waals surface area contributed by atoms with Crippen molar-refractivity contribution in [3.63, 3.8) is 0 Å². The second kappa shape index (κ2) is 8.07. The fourth-order valence-corrected chi connectivity index (χ4v) is 7.46. The Kier molecular flexibility index (Phi) is 5.67. The van der Waals surface area contributed by atoms with E-state index in [1.165, 1.54) is 11.3 Å². The topological polar surface area (TPSA) is 145 Å². The van der Waals surface area contributed by atoms with E-state index in [1.54, 1.807) is 0 Å². The number of sulfone groups is 1. The van der Waals surface area contributed by atoms with Gasteiger partial charge in [-0.05, 0) is 37.2 Å². The van der Waals surface area contributed by atoms with Gasteiger partial charge < -0.3 is 15.5 Å². The average molecular weight is 457 g/mol. The van der Waals surface area contributed by atoms with Gasteiger partial charge in [0, 0.05) is 11.3 Å². The molecular formula is C17H20N4O5S3. The molecule has 0 spiro atoms. The summed E-state index contributed by atoms with van der Waals surface area (Å²) in [5.41, 5.74) is 6.88. The highest BCUT2D eigenvalue weighted by molar-refractivity contribution is 7.99. The molecule has 3 heterocycles. The van der Waals surface area contributed by atoms with Gasteiger partial charge in [0.25, 0.3) is 11.1 Å². The minimum atomic E-state index is -2.95. The predicted octanol–water partition coefficient (Wildman–Crippen LogP) is 1.43. The number of carbonyl (C=O) groups is 2. The largest absolute Gasteiger partial charge is 0.416 e. The monoisotopic (exact) mass is 456 g/mol. The summed E-state index contributed by atoms with van der Waals surface area (Å²) in [5.74, 6) is -0.0577. The van der Waals surface area contributed by atoms with Gasteiger partial charge in [-0.1, -0.05) is 11.8 Å². The molecule has 1 atom stereocenters. The molecule has 3 N–H and O–H groups in total. The first-order chi connectivity index (χ1) is 13.8. The van der Waals surface area contributed by atoms with Crippen LogP contribution in [0.25, 0.3) is 0 Å². The van der Waals surface area contributed by atoms with Crippen LogP contribution in [0.3, 0.4) is 0 Å². The van der Waals surface area contributed by atoms with Crippen LogP contribution in [0.2, 0.25) is 0 Å². The Bertz CT molecular complexity index is 1060. The zero-order valence-corrected chi connectivity index (χ0v) is 17.9. The van der Waals surface area contributed by atoms with Crippen LogP contribution in [0.15, 0.2) is 9.64 Å². The van der Waals surface area contributed by atoms with Gasteiger partial charge in [-0.2, -0.15) is 0 Å². The molecule has 0 bridgehead atoms. The molecule has 29 heavy (non-hydrogen) atoms. The van der Waals surface area contributed by atoms with Crippen molar-refractivity contribution in [3.8, 4) is 0 Å². The van der Waals surface area contributed by atoms with Gasteiger partial charge in [0.1, 0.15) is 5.00 Å². The summed E-state index contributed by atoms with van der Waals surface area (Å²) in [5, 5.41) is 11.4. The summed E-state index contributed by atoms with van der Waals surface area (Å²) in [6.45, 7) is 0. The van der Waals surface area contributed by atoms with Crippen molar-refractivity contribution in [3.05, 3.63) is 21.9 Å². The third-order valence-corrected chi connectivity index (χ3v) is 8.85. The lowest BCUT2D eigenvalue weighted by atomic mass is 10.1. The Balaban J connectivity index is 1.32. The number of hydrogen-bond acceptors (Lipinski definition) is 9.